The van der Waals surface area contributed by atoms with Gasteiger partial charge in [-0.1, -0.05) is 11.8 Å². The van der Waals surface area contributed by atoms with Crippen molar-refractivity contribution in [3.63, 3.8) is 0 Å². The zero-order valence-electron chi connectivity index (χ0n) is 8.02. The summed E-state index contributed by atoms with van der Waals surface area (Å²) in [5.74, 6) is -0.760. The van der Waals surface area contributed by atoms with Gasteiger partial charge in [-0.15, -0.1) is 0 Å². The molecule has 3 N–H and O–H groups in total. The quantitative estimate of drug-likeness (QED) is 0.366. The lowest BCUT2D eigenvalue weighted by molar-refractivity contribution is -0.141. The highest BCUT2D eigenvalue weighted by Gasteiger charge is 2.28. The molecule has 0 saturated carbocycles. The van der Waals surface area contributed by atoms with Gasteiger partial charge in [0, 0.05) is 12.3 Å². The lowest BCUT2D eigenvalue weighted by Crippen LogP contribution is -2.38. The van der Waals surface area contributed by atoms with Crippen LogP contribution < -0.4 is 11.1 Å². The van der Waals surface area contributed by atoms with E-state index in [2.05, 4.69) is 10.1 Å². The second-order valence-electron chi connectivity index (χ2n) is 2.94. The van der Waals surface area contributed by atoms with Crippen molar-refractivity contribution in [1.82, 2.24) is 5.32 Å². The first-order chi connectivity index (χ1) is 7.13. The van der Waals surface area contributed by atoms with Gasteiger partial charge in [0.2, 0.25) is 5.91 Å². The number of ether oxygens (including phenoxy) is 1. The number of thioether (sulfide) groups is 1. The SMILES string of the molecule is NCSC(=O)CC(=O)NC1CCOC1=O. The Morgan fingerprint density at radius 3 is 2.87 bits per heavy atom. The van der Waals surface area contributed by atoms with Crippen LogP contribution in [0.15, 0.2) is 0 Å². The minimum absolute atomic E-state index is 0.150. The Balaban J connectivity index is 2.29. The van der Waals surface area contributed by atoms with Gasteiger partial charge in [0.1, 0.15) is 6.04 Å². The van der Waals surface area contributed by atoms with Gasteiger partial charge in [-0.05, 0) is 0 Å². The molecular weight excluding hydrogens is 220 g/mol. The fraction of sp³-hybridized carbons (Fsp3) is 0.625. The van der Waals surface area contributed by atoms with Gasteiger partial charge in [0.05, 0.1) is 13.0 Å². The van der Waals surface area contributed by atoms with E-state index in [1.54, 1.807) is 0 Å². The average Bonchev–Trinajstić information content (AvgIpc) is 2.52. The summed E-state index contributed by atoms with van der Waals surface area (Å²) in [6.45, 7) is 0.315. The van der Waals surface area contributed by atoms with E-state index in [0.29, 0.717) is 13.0 Å². The lowest BCUT2D eigenvalue weighted by atomic mass is 10.2. The molecule has 1 rings (SSSR count). The number of rotatable bonds is 4. The molecule has 0 aromatic rings. The summed E-state index contributed by atoms with van der Waals surface area (Å²) in [7, 11) is 0. The Morgan fingerprint density at radius 1 is 1.60 bits per heavy atom. The van der Waals surface area contributed by atoms with E-state index in [1.807, 2.05) is 0 Å². The molecule has 0 radical (unpaired) electrons. The van der Waals surface area contributed by atoms with Gasteiger partial charge in [-0.2, -0.15) is 0 Å². The molecule has 1 atom stereocenters. The molecule has 1 fully saturated rings. The van der Waals surface area contributed by atoms with Gasteiger partial charge < -0.3 is 15.8 Å². The van der Waals surface area contributed by atoms with E-state index >= 15 is 0 Å². The zero-order chi connectivity index (χ0) is 11.3. The Hall–Kier alpha value is -1.08. The van der Waals surface area contributed by atoms with E-state index in [9.17, 15) is 14.4 Å². The van der Waals surface area contributed by atoms with Gasteiger partial charge in [-0.3, -0.25) is 9.59 Å². The molecule has 84 valence electrons. The van der Waals surface area contributed by atoms with E-state index in [1.165, 1.54) is 0 Å². The van der Waals surface area contributed by atoms with Gasteiger partial charge in [-0.25, -0.2) is 4.79 Å². The van der Waals surface area contributed by atoms with E-state index < -0.39 is 17.9 Å². The van der Waals surface area contributed by atoms with Crippen LogP contribution in [-0.4, -0.2) is 35.5 Å². The highest BCUT2D eigenvalue weighted by Crippen LogP contribution is 2.07. The number of hydrogen-bond acceptors (Lipinski definition) is 6. The predicted octanol–water partition coefficient (Wildman–Crippen LogP) is -1.02. The van der Waals surface area contributed by atoms with Crippen molar-refractivity contribution >= 4 is 28.8 Å². The number of hydrogen-bond donors (Lipinski definition) is 2. The van der Waals surface area contributed by atoms with E-state index in [4.69, 9.17) is 5.73 Å². The summed E-state index contributed by atoms with van der Waals surface area (Å²) in [6, 6.07) is -0.604. The summed E-state index contributed by atoms with van der Waals surface area (Å²) in [5.41, 5.74) is 5.13. The van der Waals surface area contributed by atoms with Crippen LogP contribution in [0.3, 0.4) is 0 Å². The van der Waals surface area contributed by atoms with Gasteiger partial charge in [0.25, 0.3) is 0 Å². The van der Waals surface area contributed by atoms with Crippen molar-refractivity contribution in [3.8, 4) is 0 Å². The number of nitrogens with two attached hydrogens (primary N) is 1. The van der Waals surface area contributed by atoms with Crippen LogP contribution in [0, 0.1) is 0 Å². The maximum atomic E-state index is 11.2. The van der Waals surface area contributed by atoms with Crippen molar-refractivity contribution in [2.24, 2.45) is 5.73 Å². The summed E-state index contributed by atoms with van der Waals surface area (Å²) < 4.78 is 4.66. The number of esters is 1. The molecule has 0 aromatic carbocycles. The maximum Gasteiger partial charge on any atom is 0.328 e. The fourth-order valence-electron chi connectivity index (χ4n) is 1.15. The Labute approximate surface area is 90.9 Å². The van der Waals surface area contributed by atoms with Crippen LogP contribution >= 0.6 is 11.8 Å². The fourth-order valence-corrected chi connectivity index (χ4v) is 1.57. The third kappa shape index (κ3) is 3.88. The number of cyclic esters (lactones) is 1. The number of carbonyl (C=O) groups is 3. The standard InChI is InChI=1S/C8H12N2O4S/c9-4-15-7(12)3-6(11)10-5-1-2-14-8(5)13/h5H,1-4,9H2,(H,10,11). The van der Waals surface area contributed by atoms with Crippen LogP contribution in [0.1, 0.15) is 12.8 Å². The summed E-state index contributed by atoms with van der Waals surface area (Å²) >= 11 is 0.880. The highest BCUT2D eigenvalue weighted by atomic mass is 32.2. The van der Waals surface area contributed by atoms with Crippen LogP contribution in [0.5, 0.6) is 0 Å². The molecule has 1 amide bonds. The Morgan fingerprint density at radius 2 is 2.33 bits per heavy atom. The molecule has 0 spiro atoms. The molecule has 1 saturated heterocycles. The predicted molar refractivity (Wildman–Crippen MR) is 53.8 cm³/mol. The normalized spacial score (nSPS) is 19.8. The number of carbonyl (C=O) groups excluding carboxylic acids is 3. The van der Waals surface area contributed by atoms with Crippen LogP contribution in [-0.2, 0) is 19.1 Å². The molecule has 7 heteroatoms. The molecule has 15 heavy (non-hydrogen) atoms. The molecule has 0 aromatic heterocycles. The largest absolute Gasteiger partial charge is 0.464 e. The topological polar surface area (TPSA) is 98.5 Å². The number of amides is 1. The van der Waals surface area contributed by atoms with Crippen molar-refractivity contribution in [3.05, 3.63) is 0 Å². The van der Waals surface area contributed by atoms with Gasteiger partial charge in [0.15, 0.2) is 5.12 Å². The minimum Gasteiger partial charge on any atom is -0.464 e. The third-order valence-corrected chi connectivity index (χ3v) is 2.45. The van der Waals surface area contributed by atoms with E-state index in [-0.39, 0.29) is 17.4 Å². The second-order valence-corrected chi connectivity index (χ2v) is 4.01. The van der Waals surface area contributed by atoms with Crippen LogP contribution in [0.4, 0.5) is 0 Å². The first-order valence-electron chi connectivity index (χ1n) is 4.45. The summed E-state index contributed by atoms with van der Waals surface area (Å²) in [5, 5.41) is 2.13. The Kier molecular flexibility index (Phi) is 4.57. The van der Waals surface area contributed by atoms with E-state index in [0.717, 1.165) is 11.8 Å². The lowest BCUT2D eigenvalue weighted by Gasteiger charge is -2.07. The molecule has 1 unspecified atom stereocenters. The average molecular weight is 232 g/mol. The maximum absolute atomic E-state index is 11.2. The molecule has 0 aliphatic carbocycles. The smallest absolute Gasteiger partial charge is 0.328 e. The first-order valence-corrected chi connectivity index (χ1v) is 5.43. The molecule has 1 aliphatic heterocycles. The molecule has 1 aliphatic rings. The van der Waals surface area contributed by atoms with Crippen molar-refractivity contribution in [2.75, 3.05) is 12.5 Å². The van der Waals surface area contributed by atoms with Crippen LogP contribution in [0.2, 0.25) is 0 Å². The van der Waals surface area contributed by atoms with Crippen LogP contribution in [0.25, 0.3) is 0 Å². The monoisotopic (exact) mass is 232 g/mol. The summed E-state index contributed by atoms with van der Waals surface area (Å²) in [4.78, 5) is 33.2. The third-order valence-electron chi connectivity index (χ3n) is 1.82. The summed E-state index contributed by atoms with van der Waals surface area (Å²) in [6.07, 6.45) is 0.203. The molecular formula is C8H12N2O4S. The van der Waals surface area contributed by atoms with Gasteiger partial charge >= 0.3 is 5.97 Å². The molecule has 0 bridgehead atoms. The minimum atomic E-state index is -0.604. The Bertz CT molecular complexity index is 282. The highest BCUT2D eigenvalue weighted by molar-refractivity contribution is 8.13. The second kappa shape index (κ2) is 5.72. The van der Waals surface area contributed by atoms with Crippen molar-refractivity contribution < 1.29 is 19.1 Å². The van der Waals surface area contributed by atoms with Crippen molar-refractivity contribution in [2.45, 2.75) is 18.9 Å². The molecule has 6 nitrogen and oxygen atoms in total. The first kappa shape index (κ1) is 12.0. The van der Waals surface area contributed by atoms with Crippen molar-refractivity contribution in [1.29, 1.82) is 0 Å². The number of nitrogens with one attached hydrogen (secondary N) is 1. The zero-order valence-corrected chi connectivity index (χ0v) is 8.84. The molecule has 1 heterocycles.